The minimum atomic E-state index is -2.88. The summed E-state index contributed by atoms with van der Waals surface area (Å²) in [5, 5.41) is 3.32. The molecule has 0 amide bonds. The SMILES string of the molecule is CCCNC(CCC(C)(C)C)CS(C)(=O)=O. The summed E-state index contributed by atoms with van der Waals surface area (Å²) in [7, 11) is -2.88. The lowest BCUT2D eigenvalue weighted by atomic mass is 9.89. The molecule has 0 radical (unpaired) electrons. The molecular formula is C12H27NO2S. The molecule has 0 saturated carbocycles. The third-order valence-electron chi connectivity index (χ3n) is 2.43. The highest BCUT2D eigenvalue weighted by atomic mass is 32.2. The van der Waals surface area contributed by atoms with Crippen LogP contribution in [0, 0.1) is 5.41 Å². The summed E-state index contributed by atoms with van der Waals surface area (Å²) in [6.45, 7) is 9.54. The highest BCUT2D eigenvalue weighted by Gasteiger charge is 2.18. The van der Waals surface area contributed by atoms with Crippen LogP contribution in [-0.4, -0.2) is 33.0 Å². The van der Waals surface area contributed by atoms with Crippen LogP contribution in [-0.2, 0) is 9.84 Å². The molecule has 1 unspecified atom stereocenters. The average molecular weight is 249 g/mol. The Kier molecular flexibility index (Phi) is 6.56. The Morgan fingerprint density at radius 1 is 1.25 bits per heavy atom. The van der Waals surface area contributed by atoms with Crippen molar-refractivity contribution in [2.24, 2.45) is 5.41 Å². The predicted octanol–water partition coefficient (Wildman–Crippen LogP) is 2.23. The molecule has 0 rings (SSSR count). The molecule has 0 aliphatic heterocycles. The van der Waals surface area contributed by atoms with E-state index in [2.05, 4.69) is 33.0 Å². The number of hydrogen-bond acceptors (Lipinski definition) is 3. The summed E-state index contributed by atoms with van der Waals surface area (Å²) in [5.41, 5.74) is 0.268. The number of sulfone groups is 1. The minimum absolute atomic E-state index is 0.106. The van der Waals surface area contributed by atoms with E-state index in [-0.39, 0.29) is 17.2 Å². The smallest absolute Gasteiger partial charge is 0.148 e. The summed E-state index contributed by atoms with van der Waals surface area (Å²) in [6, 6.07) is 0.106. The van der Waals surface area contributed by atoms with E-state index in [1.165, 1.54) is 6.26 Å². The fraction of sp³-hybridized carbons (Fsp3) is 1.00. The molecule has 0 aromatic rings. The zero-order valence-electron chi connectivity index (χ0n) is 11.3. The van der Waals surface area contributed by atoms with Crippen LogP contribution in [0.2, 0.25) is 0 Å². The molecule has 4 heteroatoms. The topological polar surface area (TPSA) is 46.2 Å². The van der Waals surface area contributed by atoms with Gasteiger partial charge in [0.2, 0.25) is 0 Å². The summed E-state index contributed by atoms with van der Waals surface area (Å²) < 4.78 is 22.6. The Balaban J connectivity index is 4.21. The van der Waals surface area contributed by atoms with E-state index < -0.39 is 9.84 Å². The number of nitrogens with one attached hydrogen (secondary N) is 1. The largest absolute Gasteiger partial charge is 0.313 e. The van der Waals surface area contributed by atoms with E-state index in [1.54, 1.807) is 0 Å². The summed E-state index contributed by atoms with van der Waals surface area (Å²) in [4.78, 5) is 0. The van der Waals surface area contributed by atoms with Gasteiger partial charge in [-0.05, 0) is 31.2 Å². The van der Waals surface area contributed by atoms with Crippen molar-refractivity contribution in [2.75, 3.05) is 18.6 Å². The van der Waals surface area contributed by atoms with E-state index in [0.717, 1.165) is 25.8 Å². The molecule has 0 aromatic carbocycles. The fourth-order valence-electron chi connectivity index (χ4n) is 1.57. The van der Waals surface area contributed by atoms with Gasteiger partial charge in [-0.15, -0.1) is 0 Å². The molecule has 0 aliphatic carbocycles. The zero-order valence-corrected chi connectivity index (χ0v) is 12.2. The van der Waals surface area contributed by atoms with Crippen LogP contribution < -0.4 is 5.32 Å². The molecule has 0 heterocycles. The fourth-order valence-corrected chi connectivity index (χ4v) is 2.58. The Bertz CT molecular complexity index is 278. The van der Waals surface area contributed by atoms with Crippen molar-refractivity contribution in [1.29, 1.82) is 0 Å². The normalized spacial score (nSPS) is 15.1. The second-order valence-corrected chi connectivity index (χ2v) is 8.03. The van der Waals surface area contributed by atoms with Crippen LogP contribution >= 0.6 is 0 Å². The van der Waals surface area contributed by atoms with Crippen LogP contribution in [0.4, 0.5) is 0 Å². The van der Waals surface area contributed by atoms with Crippen LogP contribution in [0.1, 0.15) is 47.0 Å². The van der Waals surface area contributed by atoms with Gasteiger partial charge in [0.05, 0.1) is 5.75 Å². The lowest BCUT2D eigenvalue weighted by molar-refractivity contribution is 0.337. The maximum absolute atomic E-state index is 11.3. The van der Waals surface area contributed by atoms with Crippen LogP contribution in [0.5, 0.6) is 0 Å². The molecule has 16 heavy (non-hydrogen) atoms. The van der Waals surface area contributed by atoms with Crippen molar-refractivity contribution in [1.82, 2.24) is 5.32 Å². The highest BCUT2D eigenvalue weighted by Crippen LogP contribution is 2.21. The Morgan fingerprint density at radius 2 is 1.81 bits per heavy atom. The molecule has 0 saturated heterocycles. The molecule has 0 aromatic heterocycles. The molecule has 0 fully saturated rings. The van der Waals surface area contributed by atoms with Crippen LogP contribution in [0.25, 0.3) is 0 Å². The second kappa shape index (κ2) is 6.60. The van der Waals surface area contributed by atoms with Crippen molar-refractivity contribution in [3.05, 3.63) is 0 Å². The molecule has 3 nitrogen and oxygen atoms in total. The van der Waals surface area contributed by atoms with Gasteiger partial charge < -0.3 is 5.32 Å². The van der Waals surface area contributed by atoms with Gasteiger partial charge in [0.15, 0.2) is 0 Å². The first-order valence-corrected chi connectivity index (χ1v) is 8.11. The van der Waals surface area contributed by atoms with E-state index in [0.29, 0.717) is 0 Å². The average Bonchev–Trinajstić information content (AvgIpc) is 2.06. The third-order valence-corrected chi connectivity index (χ3v) is 3.44. The standard InChI is InChI=1S/C12H27NO2S/c1-6-9-13-11(10-16(5,14)15)7-8-12(2,3)4/h11,13H,6-10H2,1-5H3. The van der Waals surface area contributed by atoms with E-state index in [1.807, 2.05) is 0 Å². The second-order valence-electron chi connectivity index (χ2n) is 5.84. The van der Waals surface area contributed by atoms with Crippen LogP contribution in [0.3, 0.4) is 0 Å². The molecular weight excluding hydrogens is 222 g/mol. The molecule has 0 bridgehead atoms. The van der Waals surface area contributed by atoms with Gasteiger partial charge in [0, 0.05) is 12.3 Å². The maximum Gasteiger partial charge on any atom is 0.148 e. The van der Waals surface area contributed by atoms with Gasteiger partial charge in [-0.2, -0.15) is 0 Å². The molecule has 1 N–H and O–H groups in total. The van der Waals surface area contributed by atoms with Gasteiger partial charge in [0.1, 0.15) is 9.84 Å². The van der Waals surface area contributed by atoms with Crippen molar-refractivity contribution in [3.63, 3.8) is 0 Å². The first-order valence-electron chi connectivity index (χ1n) is 6.05. The molecule has 0 aliphatic rings. The Labute approximate surface area is 101 Å². The molecule has 98 valence electrons. The number of rotatable bonds is 7. The summed E-state index contributed by atoms with van der Waals surface area (Å²) >= 11 is 0. The maximum atomic E-state index is 11.3. The van der Waals surface area contributed by atoms with Crippen molar-refractivity contribution in [3.8, 4) is 0 Å². The Morgan fingerprint density at radius 3 is 2.19 bits per heavy atom. The quantitative estimate of drug-likeness (QED) is 0.752. The lowest BCUT2D eigenvalue weighted by Crippen LogP contribution is -2.36. The van der Waals surface area contributed by atoms with E-state index in [4.69, 9.17) is 0 Å². The lowest BCUT2D eigenvalue weighted by Gasteiger charge is -2.23. The van der Waals surface area contributed by atoms with Gasteiger partial charge in [-0.1, -0.05) is 27.7 Å². The van der Waals surface area contributed by atoms with Gasteiger partial charge in [-0.3, -0.25) is 0 Å². The monoisotopic (exact) mass is 249 g/mol. The predicted molar refractivity (Wildman–Crippen MR) is 70.5 cm³/mol. The van der Waals surface area contributed by atoms with E-state index in [9.17, 15) is 8.42 Å². The number of hydrogen-bond donors (Lipinski definition) is 1. The van der Waals surface area contributed by atoms with Gasteiger partial charge in [0.25, 0.3) is 0 Å². The Hall–Kier alpha value is -0.0900. The van der Waals surface area contributed by atoms with Crippen molar-refractivity contribution in [2.45, 2.75) is 53.0 Å². The third kappa shape index (κ3) is 10.4. The summed E-state index contributed by atoms with van der Waals surface area (Å²) in [5.74, 6) is 0.253. The van der Waals surface area contributed by atoms with Crippen LogP contribution in [0.15, 0.2) is 0 Å². The zero-order chi connectivity index (χ0) is 12.8. The first kappa shape index (κ1) is 15.9. The van der Waals surface area contributed by atoms with Gasteiger partial charge in [-0.25, -0.2) is 8.42 Å². The molecule has 1 atom stereocenters. The molecule has 0 spiro atoms. The van der Waals surface area contributed by atoms with Crippen molar-refractivity contribution < 1.29 is 8.42 Å². The van der Waals surface area contributed by atoms with E-state index >= 15 is 0 Å². The summed E-state index contributed by atoms with van der Waals surface area (Å²) in [6.07, 6.45) is 4.32. The van der Waals surface area contributed by atoms with Gasteiger partial charge >= 0.3 is 0 Å². The first-order chi connectivity index (χ1) is 7.14. The minimum Gasteiger partial charge on any atom is -0.313 e. The highest BCUT2D eigenvalue weighted by molar-refractivity contribution is 7.90. The van der Waals surface area contributed by atoms with Crippen molar-refractivity contribution >= 4 is 9.84 Å².